The summed E-state index contributed by atoms with van der Waals surface area (Å²) in [6, 6.07) is 7.86. The summed E-state index contributed by atoms with van der Waals surface area (Å²) in [6.45, 7) is 0. The monoisotopic (exact) mass is 217 g/mol. The third-order valence-electron chi connectivity index (χ3n) is 2.29. The first-order valence-corrected chi connectivity index (χ1v) is 4.74. The maximum atomic E-state index is 10.2. The van der Waals surface area contributed by atoms with Gasteiger partial charge in [0, 0.05) is 29.7 Å². The molecular weight excluding hydrogens is 206 g/mol. The van der Waals surface area contributed by atoms with Gasteiger partial charge in [0.05, 0.1) is 6.21 Å². The Morgan fingerprint density at radius 1 is 1.50 bits per heavy atom. The second-order valence-electron chi connectivity index (χ2n) is 3.39. The van der Waals surface area contributed by atoms with Gasteiger partial charge in [-0.15, -0.1) is 0 Å². The zero-order chi connectivity index (χ0) is 11.5. The Labute approximate surface area is 92.0 Å². The second-order valence-corrected chi connectivity index (χ2v) is 3.39. The fraction of sp³-hybridized carbons (Fsp3) is 0.0909. The zero-order valence-electron chi connectivity index (χ0n) is 8.71. The Kier molecular flexibility index (Phi) is 2.59. The normalized spacial score (nSPS) is 11.1. The predicted octanol–water partition coefficient (Wildman–Crippen LogP) is 1.78. The third-order valence-corrected chi connectivity index (χ3v) is 2.29. The molecule has 5 heteroatoms. The Morgan fingerprint density at radius 2 is 2.25 bits per heavy atom. The number of fused-ring (bicyclic) bond motifs is 1. The van der Waals surface area contributed by atoms with Gasteiger partial charge >= 0.3 is 6.09 Å². The summed E-state index contributed by atoms with van der Waals surface area (Å²) >= 11 is 0. The molecule has 0 aliphatic rings. The van der Waals surface area contributed by atoms with Crippen LogP contribution in [0.15, 0.2) is 35.6 Å². The van der Waals surface area contributed by atoms with E-state index in [1.807, 2.05) is 47.5 Å². The van der Waals surface area contributed by atoms with Crippen molar-refractivity contribution in [3.8, 4) is 0 Å². The van der Waals surface area contributed by atoms with E-state index in [-0.39, 0.29) is 0 Å². The SMILES string of the molecule is Cn1cc(/C=N\NC(=O)O)c2ccccc21. The molecule has 0 spiro atoms. The largest absolute Gasteiger partial charge is 0.464 e. The lowest BCUT2D eigenvalue weighted by Gasteiger charge is -1.93. The molecule has 1 aromatic heterocycles. The molecule has 0 saturated carbocycles. The molecule has 0 aliphatic carbocycles. The van der Waals surface area contributed by atoms with Crippen LogP contribution in [0.25, 0.3) is 10.9 Å². The molecule has 2 aromatic rings. The van der Waals surface area contributed by atoms with E-state index in [1.54, 1.807) is 0 Å². The summed E-state index contributed by atoms with van der Waals surface area (Å²) in [7, 11) is 1.93. The van der Waals surface area contributed by atoms with Crippen molar-refractivity contribution in [1.29, 1.82) is 0 Å². The van der Waals surface area contributed by atoms with Gasteiger partial charge in [-0.3, -0.25) is 0 Å². The van der Waals surface area contributed by atoms with E-state index in [0.29, 0.717) is 0 Å². The molecule has 82 valence electrons. The van der Waals surface area contributed by atoms with Crippen molar-refractivity contribution in [2.24, 2.45) is 12.1 Å². The maximum Gasteiger partial charge on any atom is 0.425 e. The molecule has 0 aliphatic heterocycles. The summed E-state index contributed by atoms with van der Waals surface area (Å²) < 4.78 is 1.97. The molecular formula is C11H11N3O2. The standard InChI is InChI=1S/C11H11N3O2/c1-14-7-8(6-12-13-11(15)16)9-4-2-3-5-10(9)14/h2-7,13H,1H3,(H,15,16)/b12-6-. The number of nitrogens with one attached hydrogen (secondary N) is 1. The smallest absolute Gasteiger partial charge is 0.425 e. The van der Waals surface area contributed by atoms with Crippen LogP contribution in [-0.4, -0.2) is 22.0 Å². The number of amides is 1. The van der Waals surface area contributed by atoms with Gasteiger partial charge in [0.2, 0.25) is 0 Å². The maximum absolute atomic E-state index is 10.2. The van der Waals surface area contributed by atoms with Crippen molar-refractivity contribution >= 4 is 23.2 Å². The van der Waals surface area contributed by atoms with Crippen molar-refractivity contribution in [3.05, 3.63) is 36.0 Å². The van der Waals surface area contributed by atoms with Crippen molar-refractivity contribution < 1.29 is 9.90 Å². The Morgan fingerprint density at radius 3 is 3.00 bits per heavy atom. The summed E-state index contributed by atoms with van der Waals surface area (Å²) in [6.07, 6.45) is 2.23. The molecule has 0 fully saturated rings. The van der Waals surface area contributed by atoms with Gasteiger partial charge in [0.15, 0.2) is 0 Å². The summed E-state index contributed by atoms with van der Waals surface area (Å²) in [5.74, 6) is 0. The van der Waals surface area contributed by atoms with Crippen LogP contribution in [0.3, 0.4) is 0 Å². The van der Waals surface area contributed by atoms with Crippen molar-refractivity contribution in [2.75, 3.05) is 0 Å². The Balaban J connectivity index is 2.38. The molecule has 1 heterocycles. The summed E-state index contributed by atoms with van der Waals surface area (Å²) in [5.41, 5.74) is 3.91. The van der Waals surface area contributed by atoms with E-state index in [1.165, 1.54) is 6.21 Å². The minimum atomic E-state index is -1.17. The van der Waals surface area contributed by atoms with Crippen LogP contribution < -0.4 is 5.43 Å². The highest BCUT2D eigenvalue weighted by atomic mass is 16.4. The lowest BCUT2D eigenvalue weighted by Crippen LogP contribution is -2.13. The number of nitrogens with zero attached hydrogens (tertiary/aromatic N) is 2. The molecule has 16 heavy (non-hydrogen) atoms. The summed E-state index contributed by atoms with van der Waals surface area (Å²) in [4.78, 5) is 10.2. The van der Waals surface area contributed by atoms with E-state index in [2.05, 4.69) is 5.10 Å². The first kappa shape index (κ1) is 10.2. The lowest BCUT2D eigenvalue weighted by molar-refractivity contribution is 0.195. The first-order valence-electron chi connectivity index (χ1n) is 4.74. The quantitative estimate of drug-likeness (QED) is 0.594. The predicted molar refractivity (Wildman–Crippen MR) is 61.7 cm³/mol. The van der Waals surface area contributed by atoms with Crippen LogP contribution in [0.4, 0.5) is 4.79 Å². The van der Waals surface area contributed by atoms with Crippen LogP contribution in [0.1, 0.15) is 5.56 Å². The molecule has 0 bridgehead atoms. The fourth-order valence-electron chi connectivity index (χ4n) is 1.63. The second kappa shape index (κ2) is 4.06. The lowest BCUT2D eigenvalue weighted by atomic mass is 10.2. The van der Waals surface area contributed by atoms with Crippen LogP contribution in [0.2, 0.25) is 0 Å². The van der Waals surface area contributed by atoms with E-state index in [0.717, 1.165) is 16.5 Å². The average Bonchev–Trinajstić information content (AvgIpc) is 2.57. The number of carbonyl (C=O) groups is 1. The molecule has 0 atom stereocenters. The van der Waals surface area contributed by atoms with Gasteiger partial charge in [-0.25, -0.2) is 10.2 Å². The number of aromatic nitrogens is 1. The minimum absolute atomic E-state index is 0.881. The van der Waals surface area contributed by atoms with Crippen molar-refractivity contribution in [2.45, 2.75) is 0 Å². The van der Waals surface area contributed by atoms with Crippen LogP contribution in [0.5, 0.6) is 0 Å². The first-order chi connectivity index (χ1) is 7.68. The van der Waals surface area contributed by atoms with Crippen LogP contribution in [-0.2, 0) is 7.05 Å². The average molecular weight is 217 g/mol. The summed E-state index contributed by atoms with van der Waals surface area (Å²) in [5, 5.41) is 13.0. The van der Waals surface area contributed by atoms with Gasteiger partial charge in [-0.1, -0.05) is 18.2 Å². The molecule has 2 rings (SSSR count). The highest BCUT2D eigenvalue weighted by Crippen LogP contribution is 2.18. The van der Waals surface area contributed by atoms with Crippen molar-refractivity contribution in [1.82, 2.24) is 9.99 Å². The van der Waals surface area contributed by atoms with Gasteiger partial charge < -0.3 is 9.67 Å². The molecule has 2 N–H and O–H groups in total. The topological polar surface area (TPSA) is 66.6 Å². The van der Waals surface area contributed by atoms with Gasteiger partial charge in [-0.2, -0.15) is 5.10 Å². The highest BCUT2D eigenvalue weighted by Gasteiger charge is 2.02. The number of carboxylic acid groups (broad SMARTS) is 1. The van der Waals surface area contributed by atoms with Crippen molar-refractivity contribution in [3.63, 3.8) is 0 Å². The Bertz CT molecular complexity index is 557. The molecule has 0 radical (unpaired) electrons. The molecule has 5 nitrogen and oxygen atoms in total. The molecule has 0 unspecified atom stereocenters. The van der Waals surface area contributed by atoms with Gasteiger partial charge in [0.1, 0.15) is 0 Å². The number of hydrogen-bond donors (Lipinski definition) is 2. The van der Waals surface area contributed by atoms with Crippen LogP contribution in [0, 0.1) is 0 Å². The number of hydrogen-bond acceptors (Lipinski definition) is 2. The van der Waals surface area contributed by atoms with E-state index < -0.39 is 6.09 Å². The third kappa shape index (κ3) is 1.88. The fourth-order valence-corrected chi connectivity index (χ4v) is 1.63. The van der Waals surface area contributed by atoms with Gasteiger partial charge in [0.25, 0.3) is 0 Å². The number of hydrazone groups is 1. The van der Waals surface area contributed by atoms with E-state index in [4.69, 9.17) is 5.11 Å². The molecule has 0 saturated heterocycles. The van der Waals surface area contributed by atoms with Gasteiger partial charge in [-0.05, 0) is 6.07 Å². The zero-order valence-corrected chi connectivity index (χ0v) is 8.71. The number of rotatable bonds is 2. The molecule has 1 amide bonds. The highest BCUT2D eigenvalue weighted by molar-refractivity contribution is 5.99. The Hall–Kier alpha value is -2.30. The van der Waals surface area contributed by atoms with Crippen LogP contribution >= 0.6 is 0 Å². The van der Waals surface area contributed by atoms with E-state index in [9.17, 15) is 4.79 Å². The minimum Gasteiger partial charge on any atom is -0.464 e. The number of para-hydroxylation sites is 1. The number of aryl methyl sites for hydroxylation is 1. The molecule has 1 aromatic carbocycles. The van der Waals surface area contributed by atoms with E-state index >= 15 is 0 Å². The number of benzene rings is 1.